The van der Waals surface area contributed by atoms with Gasteiger partial charge in [-0.15, -0.1) is 0 Å². The molecule has 3 rings (SSSR count). The minimum absolute atomic E-state index is 0.181. The maximum absolute atomic E-state index is 12.6. The number of hydrazine groups is 1. The number of aromatic nitrogens is 2. The Bertz CT molecular complexity index is 610. The fourth-order valence-electron chi connectivity index (χ4n) is 3.62. The number of carbonyl (C=O) groups excluding carboxylic acids is 1. The van der Waals surface area contributed by atoms with E-state index in [1.807, 2.05) is 18.0 Å². The number of nitrogens with one attached hydrogen (secondary N) is 2. The molecule has 1 aromatic heterocycles. The summed E-state index contributed by atoms with van der Waals surface area (Å²) in [6, 6.07) is 2.56. The first-order chi connectivity index (χ1) is 12.8. The highest BCUT2D eigenvalue weighted by Gasteiger charge is 2.33. The number of amides is 1. The van der Waals surface area contributed by atoms with Gasteiger partial charge >= 0.3 is 0 Å². The number of piperazine rings is 1. The van der Waals surface area contributed by atoms with Crippen molar-refractivity contribution in [2.75, 3.05) is 51.2 Å². The van der Waals surface area contributed by atoms with E-state index >= 15 is 0 Å². The summed E-state index contributed by atoms with van der Waals surface area (Å²) in [4.78, 5) is 27.5. The Balaban J connectivity index is 1.40. The van der Waals surface area contributed by atoms with Gasteiger partial charge in [-0.25, -0.2) is 9.97 Å². The molecule has 2 atom stereocenters. The first kappa shape index (κ1) is 20.0. The number of rotatable bonds is 5. The van der Waals surface area contributed by atoms with E-state index in [1.54, 1.807) is 12.4 Å². The molecule has 150 valence electrons. The molecule has 8 nitrogen and oxygen atoms in total. The molecule has 0 aromatic carbocycles. The number of hydrogen-bond acceptors (Lipinski definition) is 7. The molecule has 8 heteroatoms. The predicted molar refractivity (Wildman–Crippen MR) is 106 cm³/mol. The van der Waals surface area contributed by atoms with Gasteiger partial charge in [-0.05, 0) is 17.9 Å². The highest BCUT2D eigenvalue weighted by atomic mass is 16.2. The van der Waals surface area contributed by atoms with Crippen LogP contribution in [0.3, 0.4) is 0 Å². The normalized spacial score (nSPS) is 24.2. The molecule has 2 fully saturated rings. The second kappa shape index (κ2) is 8.50. The van der Waals surface area contributed by atoms with E-state index in [1.165, 1.54) is 0 Å². The zero-order valence-corrected chi connectivity index (χ0v) is 17.0. The van der Waals surface area contributed by atoms with Crippen molar-refractivity contribution in [3.63, 3.8) is 0 Å². The zero-order valence-electron chi connectivity index (χ0n) is 17.0. The van der Waals surface area contributed by atoms with Crippen molar-refractivity contribution >= 4 is 11.9 Å². The highest BCUT2D eigenvalue weighted by Crippen LogP contribution is 2.25. The molecule has 0 bridgehead atoms. The van der Waals surface area contributed by atoms with Crippen LogP contribution in [0.5, 0.6) is 0 Å². The monoisotopic (exact) mass is 375 g/mol. The number of anilines is 1. The summed E-state index contributed by atoms with van der Waals surface area (Å²) in [7, 11) is 1.91. The van der Waals surface area contributed by atoms with Crippen LogP contribution in [0.2, 0.25) is 0 Å². The van der Waals surface area contributed by atoms with Gasteiger partial charge in [0.15, 0.2) is 0 Å². The second-order valence-corrected chi connectivity index (χ2v) is 8.73. The summed E-state index contributed by atoms with van der Waals surface area (Å²) >= 11 is 0. The predicted octanol–water partition coefficient (Wildman–Crippen LogP) is 0.338. The average molecular weight is 376 g/mol. The van der Waals surface area contributed by atoms with E-state index in [-0.39, 0.29) is 11.3 Å². The van der Waals surface area contributed by atoms with E-state index in [4.69, 9.17) is 0 Å². The van der Waals surface area contributed by atoms with E-state index in [0.29, 0.717) is 18.6 Å². The zero-order chi connectivity index (χ0) is 19.4. The molecule has 0 spiro atoms. The van der Waals surface area contributed by atoms with E-state index in [2.05, 4.69) is 51.4 Å². The standard InChI is InChI=1S/C19H33N7O/c1-19(2,3)16-12-15(22-23-16)13-24(4)17(27)14-25-8-10-26(11-9-25)18-20-6-5-7-21-18/h5-7,15-16,22-23H,8-14H2,1-4H3. The summed E-state index contributed by atoms with van der Waals surface area (Å²) in [6.45, 7) is 11.3. The van der Waals surface area contributed by atoms with Crippen molar-refractivity contribution in [1.82, 2.24) is 30.6 Å². The van der Waals surface area contributed by atoms with Crippen molar-refractivity contribution in [2.45, 2.75) is 39.3 Å². The first-order valence-corrected chi connectivity index (χ1v) is 9.82. The minimum atomic E-state index is 0.181. The third kappa shape index (κ3) is 5.37. The van der Waals surface area contributed by atoms with Crippen LogP contribution < -0.4 is 15.8 Å². The number of hydrogen-bond donors (Lipinski definition) is 2. The van der Waals surface area contributed by atoms with Crippen molar-refractivity contribution in [3.05, 3.63) is 18.5 Å². The molecule has 1 amide bonds. The van der Waals surface area contributed by atoms with Crippen molar-refractivity contribution in [2.24, 2.45) is 5.41 Å². The molecule has 3 heterocycles. The van der Waals surface area contributed by atoms with Crippen LogP contribution in [-0.2, 0) is 4.79 Å². The Labute approximate surface area is 162 Å². The molecule has 0 aliphatic carbocycles. The Hall–Kier alpha value is -1.77. The Kier molecular flexibility index (Phi) is 6.29. The van der Waals surface area contributed by atoms with E-state index in [0.717, 1.165) is 45.1 Å². The number of likely N-dealkylation sites (N-methyl/N-ethyl adjacent to an activating group) is 1. The lowest BCUT2D eigenvalue weighted by molar-refractivity contribution is -0.131. The van der Waals surface area contributed by atoms with Crippen molar-refractivity contribution in [3.8, 4) is 0 Å². The SMILES string of the molecule is CN(CC1CC(C(C)(C)C)NN1)C(=O)CN1CCN(c2ncccn2)CC1. The molecular weight excluding hydrogens is 342 g/mol. The van der Waals surface area contributed by atoms with Gasteiger partial charge in [-0.1, -0.05) is 20.8 Å². The lowest BCUT2D eigenvalue weighted by Crippen LogP contribution is -2.51. The smallest absolute Gasteiger partial charge is 0.236 e. The molecule has 0 radical (unpaired) electrons. The first-order valence-electron chi connectivity index (χ1n) is 9.82. The Morgan fingerprint density at radius 3 is 2.44 bits per heavy atom. The van der Waals surface area contributed by atoms with Gasteiger partial charge in [0.2, 0.25) is 11.9 Å². The molecule has 2 saturated heterocycles. The third-order valence-corrected chi connectivity index (χ3v) is 5.51. The fraction of sp³-hybridized carbons (Fsp3) is 0.737. The molecule has 1 aromatic rings. The van der Waals surface area contributed by atoms with Crippen LogP contribution in [0.4, 0.5) is 5.95 Å². The Morgan fingerprint density at radius 1 is 1.19 bits per heavy atom. The summed E-state index contributed by atoms with van der Waals surface area (Å²) in [5, 5.41) is 0. The maximum Gasteiger partial charge on any atom is 0.236 e. The lowest BCUT2D eigenvalue weighted by Gasteiger charge is -2.35. The topological polar surface area (TPSA) is 76.6 Å². The molecular formula is C19H33N7O. The summed E-state index contributed by atoms with van der Waals surface area (Å²) in [5.74, 6) is 0.953. The van der Waals surface area contributed by atoms with Gasteiger partial charge in [0.25, 0.3) is 0 Å². The van der Waals surface area contributed by atoms with Gasteiger partial charge in [-0.2, -0.15) is 0 Å². The fourth-order valence-corrected chi connectivity index (χ4v) is 3.62. The molecule has 0 saturated carbocycles. The quantitative estimate of drug-likeness (QED) is 0.768. The molecule has 2 N–H and O–H groups in total. The van der Waals surface area contributed by atoms with Crippen LogP contribution in [0.1, 0.15) is 27.2 Å². The largest absolute Gasteiger partial charge is 0.343 e. The molecule has 2 aliphatic rings. The second-order valence-electron chi connectivity index (χ2n) is 8.73. The van der Waals surface area contributed by atoms with Crippen molar-refractivity contribution in [1.29, 1.82) is 0 Å². The van der Waals surface area contributed by atoms with Crippen LogP contribution in [-0.4, -0.2) is 84.1 Å². The van der Waals surface area contributed by atoms with Gasteiger partial charge in [-0.3, -0.25) is 20.5 Å². The van der Waals surface area contributed by atoms with Gasteiger partial charge in [0.1, 0.15) is 0 Å². The summed E-state index contributed by atoms with van der Waals surface area (Å²) in [5.41, 5.74) is 6.94. The average Bonchev–Trinajstić information content (AvgIpc) is 3.12. The van der Waals surface area contributed by atoms with Crippen LogP contribution >= 0.6 is 0 Å². The van der Waals surface area contributed by atoms with E-state index in [9.17, 15) is 4.79 Å². The Morgan fingerprint density at radius 2 is 1.85 bits per heavy atom. The number of nitrogens with zero attached hydrogens (tertiary/aromatic N) is 5. The minimum Gasteiger partial charge on any atom is -0.343 e. The number of carbonyl (C=O) groups is 1. The molecule has 27 heavy (non-hydrogen) atoms. The maximum atomic E-state index is 12.6. The van der Waals surface area contributed by atoms with E-state index < -0.39 is 0 Å². The summed E-state index contributed by atoms with van der Waals surface area (Å²) in [6.07, 6.45) is 4.57. The van der Waals surface area contributed by atoms with Gasteiger partial charge in [0.05, 0.1) is 6.54 Å². The van der Waals surface area contributed by atoms with Crippen LogP contribution in [0.15, 0.2) is 18.5 Å². The molecule has 2 aliphatic heterocycles. The van der Waals surface area contributed by atoms with Crippen molar-refractivity contribution < 1.29 is 4.79 Å². The van der Waals surface area contributed by atoms with Gasteiger partial charge in [0, 0.05) is 64.2 Å². The van der Waals surface area contributed by atoms with Gasteiger partial charge < -0.3 is 9.80 Å². The van der Waals surface area contributed by atoms with Crippen LogP contribution in [0, 0.1) is 5.41 Å². The molecule has 2 unspecified atom stereocenters. The highest BCUT2D eigenvalue weighted by molar-refractivity contribution is 5.78. The van der Waals surface area contributed by atoms with Crippen LogP contribution in [0.25, 0.3) is 0 Å². The third-order valence-electron chi connectivity index (χ3n) is 5.51. The lowest BCUT2D eigenvalue weighted by atomic mass is 9.84. The summed E-state index contributed by atoms with van der Waals surface area (Å²) < 4.78 is 0.